The Morgan fingerprint density at radius 2 is 1.52 bits per heavy atom. The summed E-state index contributed by atoms with van der Waals surface area (Å²) in [6.45, 7) is 0. The van der Waals surface area contributed by atoms with Crippen molar-refractivity contribution in [2.45, 2.75) is 35.9 Å². The lowest BCUT2D eigenvalue weighted by Gasteiger charge is -2.31. The summed E-state index contributed by atoms with van der Waals surface area (Å²) in [4.78, 5) is 3.06. The molecule has 0 nitrogen and oxygen atoms in total. The monoisotopic (exact) mass is 414 g/mol. The second kappa shape index (κ2) is 6.99. The minimum Gasteiger partial charge on any atom is -0.156 e. The third-order valence-electron chi connectivity index (χ3n) is 4.25. The van der Waals surface area contributed by atoms with E-state index in [0.29, 0.717) is 4.58 Å². The average molecular weight is 415 g/mol. The lowest BCUT2D eigenvalue weighted by molar-refractivity contribution is 1.14. The molecule has 1 aromatic carbocycles. The van der Waals surface area contributed by atoms with Gasteiger partial charge >= 0.3 is 0 Å². The molecule has 0 aromatic heterocycles. The maximum atomic E-state index is 2.47. The van der Waals surface area contributed by atoms with Gasteiger partial charge in [0.05, 0.1) is 9.16 Å². The number of fused-ring (bicyclic) bond motifs is 2. The van der Waals surface area contributed by atoms with Crippen molar-refractivity contribution < 1.29 is 0 Å². The topological polar surface area (TPSA) is 0 Å². The second-order valence-electron chi connectivity index (χ2n) is 6.15. The van der Waals surface area contributed by atoms with Crippen molar-refractivity contribution in [3.63, 3.8) is 0 Å². The van der Waals surface area contributed by atoms with Crippen molar-refractivity contribution in [2.75, 3.05) is 23.0 Å². The maximum absolute atomic E-state index is 2.47. The van der Waals surface area contributed by atoms with E-state index >= 15 is 0 Å². The highest BCUT2D eigenvalue weighted by atomic mass is 32.2. The molecule has 0 amide bonds. The quantitative estimate of drug-likeness (QED) is 0.535. The van der Waals surface area contributed by atoms with Gasteiger partial charge in [0, 0.05) is 43.3 Å². The first-order valence-corrected chi connectivity index (χ1v) is 13.9. The van der Waals surface area contributed by atoms with E-state index in [-0.39, 0.29) is 0 Å². The first-order chi connectivity index (χ1) is 11.3. The van der Waals surface area contributed by atoms with Crippen molar-refractivity contribution in [1.29, 1.82) is 0 Å². The molecule has 4 atom stereocenters. The molecule has 122 valence electrons. The SMILES string of the molecule is C1=Cc2cc3c(cc2C1)SC(SCC1CS1)C(SCC1CS1)S3. The van der Waals surface area contributed by atoms with Gasteiger partial charge in [-0.25, -0.2) is 0 Å². The molecule has 4 aliphatic rings. The predicted molar refractivity (Wildman–Crippen MR) is 116 cm³/mol. The number of benzene rings is 1. The van der Waals surface area contributed by atoms with Crippen LogP contribution in [0.4, 0.5) is 0 Å². The number of rotatable bonds is 6. The summed E-state index contributed by atoms with van der Waals surface area (Å²) >= 11 is 13.0. The second-order valence-corrected chi connectivity index (χ2v) is 14.1. The van der Waals surface area contributed by atoms with Gasteiger partial charge in [-0.1, -0.05) is 12.2 Å². The molecular formula is C17H18S6. The Labute approximate surface area is 163 Å². The highest BCUT2D eigenvalue weighted by molar-refractivity contribution is 8.25. The van der Waals surface area contributed by atoms with Crippen LogP contribution in [0, 0.1) is 0 Å². The molecule has 0 spiro atoms. The van der Waals surface area contributed by atoms with Crippen LogP contribution in [0.15, 0.2) is 28.0 Å². The van der Waals surface area contributed by atoms with Crippen LogP contribution in [-0.2, 0) is 6.42 Å². The maximum Gasteiger partial charge on any atom is 0.0763 e. The van der Waals surface area contributed by atoms with Crippen LogP contribution in [-0.4, -0.2) is 42.7 Å². The number of hydrogen-bond donors (Lipinski definition) is 0. The van der Waals surface area contributed by atoms with Crippen LogP contribution in [0.3, 0.4) is 0 Å². The molecule has 2 saturated heterocycles. The molecule has 0 N–H and O–H groups in total. The van der Waals surface area contributed by atoms with Crippen LogP contribution in [0.1, 0.15) is 11.1 Å². The van der Waals surface area contributed by atoms with Crippen LogP contribution in [0.25, 0.3) is 6.08 Å². The Kier molecular flexibility index (Phi) is 4.94. The van der Waals surface area contributed by atoms with Crippen LogP contribution >= 0.6 is 70.6 Å². The molecule has 4 unspecified atom stereocenters. The van der Waals surface area contributed by atoms with Gasteiger partial charge in [-0.2, -0.15) is 23.5 Å². The van der Waals surface area contributed by atoms with Crippen molar-refractivity contribution in [3.8, 4) is 0 Å². The largest absolute Gasteiger partial charge is 0.156 e. The number of allylic oxidation sites excluding steroid dienone is 1. The smallest absolute Gasteiger partial charge is 0.0763 e. The molecule has 3 heterocycles. The molecule has 5 rings (SSSR count). The molecule has 0 radical (unpaired) electrons. The minimum atomic E-state index is 0.714. The first kappa shape index (κ1) is 16.2. The van der Waals surface area contributed by atoms with E-state index in [1.54, 1.807) is 0 Å². The highest BCUT2D eigenvalue weighted by Gasteiger charge is 2.35. The summed E-state index contributed by atoms with van der Waals surface area (Å²) in [7, 11) is 0. The van der Waals surface area contributed by atoms with Crippen molar-refractivity contribution in [2.24, 2.45) is 0 Å². The standard InChI is InChI=1S/C17H18S6/c1-2-10-4-14-15(5-11(10)3-1)23-17(21-9-13-7-19-13)16(22-14)20-8-12-6-18-12/h1-2,4-5,12-13,16-17H,3,6-9H2. The molecule has 0 saturated carbocycles. The zero-order valence-corrected chi connectivity index (χ0v) is 17.5. The molecule has 3 aliphatic heterocycles. The van der Waals surface area contributed by atoms with E-state index in [9.17, 15) is 0 Å². The Morgan fingerprint density at radius 3 is 2.13 bits per heavy atom. The molecule has 2 fully saturated rings. The summed E-state index contributed by atoms with van der Waals surface area (Å²) < 4.78 is 1.43. The van der Waals surface area contributed by atoms with Crippen LogP contribution in [0.2, 0.25) is 0 Å². The minimum absolute atomic E-state index is 0.714. The van der Waals surface area contributed by atoms with Gasteiger partial charge in [-0.15, -0.1) is 47.0 Å². The molecule has 1 aliphatic carbocycles. The highest BCUT2D eigenvalue weighted by Crippen LogP contribution is 2.55. The first-order valence-electron chi connectivity index (χ1n) is 7.98. The summed E-state index contributed by atoms with van der Waals surface area (Å²) in [5.41, 5.74) is 2.98. The normalized spacial score (nSPS) is 33.4. The van der Waals surface area contributed by atoms with Gasteiger partial charge in [0.1, 0.15) is 0 Å². The molecule has 6 heteroatoms. The van der Waals surface area contributed by atoms with Crippen LogP contribution < -0.4 is 0 Å². The fraction of sp³-hybridized carbons (Fsp3) is 0.529. The zero-order valence-electron chi connectivity index (χ0n) is 12.6. The van der Waals surface area contributed by atoms with Crippen molar-refractivity contribution >= 4 is 76.6 Å². The van der Waals surface area contributed by atoms with E-state index in [1.807, 2.05) is 0 Å². The predicted octanol–water partition coefficient (Wildman–Crippen LogP) is 5.80. The zero-order chi connectivity index (χ0) is 15.2. The third-order valence-corrected chi connectivity index (χ3v) is 13.4. The third kappa shape index (κ3) is 3.92. The van der Waals surface area contributed by atoms with E-state index < -0.39 is 0 Å². The number of hydrogen-bond acceptors (Lipinski definition) is 6. The summed E-state index contributed by atoms with van der Waals surface area (Å²) in [6, 6.07) is 4.92. The summed E-state index contributed by atoms with van der Waals surface area (Å²) in [5.74, 6) is 5.48. The molecule has 1 aromatic rings. The van der Waals surface area contributed by atoms with Gasteiger partial charge in [-0.05, 0) is 29.7 Å². The Morgan fingerprint density at radius 1 is 0.913 bits per heavy atom. The van der Waals surface area contributed by atoms with E-state index in [1.165, 1.54) is 43.9 Å². The summed E-state index contributed by atoms with van der Waals surface area (Å²) in [5, 5.41) is 1.89. The average Bonchev–Trinajstić information content (AvgIpc) is 3.47. The van der Waals surface area contributed by atoms with Gasteiger partial charge in [0.2, 0.25) is 0 Å². The van der Waals surface area contributed by atoms with Crippen LogP contribution in [0.5, 0.6) is 0 Å². The molecular weight excluding hydrogens is 397 g/mol. The molecule has 23 heavy (non-hydrogen) atoms. The summed E-state index contributed by atoms with van der Waals surface area (Å²) in [6.07, 6.45) is 5.73. The van der Waals surface area contributed by atoms with Crippen molar-refractivity contribution in [3.05, 3.63) is 29.3 Å². The van der Waals surface area contributed by atoms with Gasteiger partial charge in [0.25, 0.3) is 0 Å². The Bertz CT molecular complexity index is 634. The van der Waals surface area contributed by atoms with E-state index in [2.05, 4.69) is 94.9 Å². The van der Waals surface area contributed by atoms with Crippen molar-refractivity contribution in [1.82, 2.24) is 0 Å². The fourth-order valence-electron chi connectivity index (χ4n) is 2.77. The van der Waals surface area contributed by atoms with E-state index in [0.717, 1.165) is 21.5 Å². The van der Waals surface area contributed by atoms with Gasteiger partial charge in [-0.3, -0.25) is 0 Å². The van der Waals surface area contributed by atoms with Gasteiger partial charge in [0.15, 0.2) is 0 Å². The Balaban J connectivity index is 1.35. The Hall–Kier alpha value is 1.06. The van der Waals surface area contributed by atoms with E-state index in [4.69, 9.17) is 0 Å². The number of thioether (sulfide) groups is 6. The fourth-order valence-corrected chi connectivity index (χ4v) is 11.2. The van der Waals surface area contributed by atoms with Gasteiger partial charge < -0.3 is 0 Å². The lowest BCUT2D eigenvalue weighted by Crippen LogP contribution is -2.19. The lowest BCUT2D eigenvalue weighted by atomic mass is 10.1. The molecule has 0 bridgehead atoms.